The van der Waals surface area contributed by atoms with Gasteiger partial charge in [-0.1, -0.05) is 48.5 Å². The van der Waals surface area contributed by atoms with Gasteiger partial charge in [-0.15, -0.1) is 0 Å². The molecule has 5 heteroatoms. The number of hydrogen-bond donors (Lipinski definition) is 0. The van der Waals surface area contributed by atoms with Crippen LogP contribution in [0.4, 0.5) is 0 Å². The lowest BCUT2D eigenvalue weighted by Gasteiger charge is -2.15. The SMILES string of the molecule is Cc1cccc(C)c1OCOC(C#N)c1ccc(OC(=O)c2ccccc2)cc1. The summed E-state index contributed by atoms with van der Waals surface area (Å²) in [5, 5.41) is 9.43. The summed E-state index contributed by atoms with van der Waals surface area (Å²) >= 11 is 0. The lowest BCUT2D eigenvalue weighted by molar-refractivity contribution is -0.0145. The standard InChI is InChI=1S/C24H21NO4/c1-17-7-6-8-18(2)23(17)28-16-27-22(15-25)19-11-13-21(14-12-19)29-24(26)20-9-4-3-5-10-20/h3-14,22H,16H2,1-2H3. The van der Waals surface area contributed by atoms with E-state index in [1.165, 1.54) is 0 Å². The smallest absolute Gasteiger partial charge is 0.343 e. The van der Waals surface area contributed by atoms with Gasteiger partial charge in [0, 0.05) is 0 Å². The first-order chi connectivity index (χ1) is 14.1. The molecule has 0 aliphatic carbocycles. The summed E-state index contributed by atoms with van der Waals surface area (Å²) in [6, 6.07) is 23.4. The highest BCUT2D eigenvalue weighted by molar-refractivity contribution is 5.90. The summed E-state index contributed by atoms with van der Waals surface area (Å²) in [5.74, 6) is 0.715. The number of aryl methyl sites for hydroxylation is 2. The predicted octanol–water partition coefficient (Wildman–Crippen LogP) is 5.14. The van der Waals surface area contributed by atoms with Crippen LogP contribution in [0.1, 0.15) is 33.2 Å². The number of ether oxygens (including phenoxy) is 3. The lowest BCUT2D eigenvalue weighted by atomic mass is 10.1. The number of benzene rings is 3. The molecule has 3 aromatic carbocycles. The maximum absolute atomic E-state index is 12.1. The van der Waals surface area contributed by atoms with Crippen LogP contribution in [-0.2, 0) is 4.74 Å². The van der Waals surface area contributed by atoms with Crippen LogP contribution >= 0.6 is 0 Å². The number of nitrogens with zero attached hydrogens (tertiary/aromatic N) is 1. The van der Waals surface area contributed by atoms with Crippen molar-refractivity contribution in [3.05, 3.63) is 95.1 Å². The maximum atomic E-state index is 12.1. The molecule has 0 radical (unpaired) electrons. The van der Waals surface area contributed by atoms with Crippen LogP contribution in [0.5, 0.6) is 11.5 Å². The molecule has 146 valence electrons. The van der Waals surface area contributed by atoms with Crippen molar-refractivity contribution < 1.29 is 19.0 Å². The Balaban J connectivity index is 1.59. The Hall–Kier alpha value is -3.62. The molecule has 0 saturated heterocycles. The topological polar surface area (TPSA) is 68.6 Å². The number of carbonyl (C=O) groups is 1. The molecule has 0 aliphatic heterocycles. The Morgan fingerprint density at radius 1 is 0.931 bits per heavy atom. The van der Waals surface area contributed by atoms with Crippen LogP contribution in [0.3, 0.4) is 0 Å². The number of para-hydroxylation sites is 1. The summed E-state index contributed by atoms with van der Waals surface area (Å²) in [4.78, 5) is 12.1. The van der Waals surface area contributed by atoms with Crippen molar-refractivity contribution in [2.75, 3.05) is 6.79 Å². The number of nitriles is 1. The van der Waals surface area contributed by atoms with E-state index in [0.29, 0.717) is 16.9 Å². The van der Waals surface area contributed by atoms with E-state index in [-0.39, 0.29) is 6.79 Å². The molecule has 1 unspecified atom stereocenters. The lowest BCUT2D eigenvalue weighted by Crippen LogP contribution is -2.10. The molecular formula is C24H21NO4. The molecule has 0 amide bonds. The van der Waals surface area contributed by atoms with Crippen molar-refractivity contribution in [2.24, 2.45) is 0 Å². The Bertz CT molecular complexity index is 987. The monoisotopic (exact) mass is 387 g/mol. The number of rotatable bonds is 7. The molecule has 3 rings (SSSR count). The van der Waals surface area contributed by atoms with Gasteiger partial charge in [0.15, 0.2) is 12.9 Å². The van der Waals surface area contributed by atoms with Crippen molar-refractivity contribution >= 4 is 5.97 Å². The minimum absolute atomic E-state index is 0.0470. The van der Waals surface area contributed by atoms with Crippen LogP contribution in [0.2, 0.25) is 0 Å². The van der Waals surface area contributed by atoms with E-state index in [9.17, 15) is 10.1 Å². The predicted molar refractivity (Wildman–Crippen MR) is 109 cm³/mol. The molecule has 0 aromatic heterocycles. The molecule has 0 heterocycles. The molecule has 0 fully saturated rings. The number of esters is 1. The Morgan fingerprint density at radius 3 is 2.21 bits per heavy atom. The third-order valence-electron chi connectivity index (χ3n) is 4.37. The molecule has 0 saturated carbocycles. The van der Waals surface area contributed by atoms with Crippen LogP contribution in [0.15, 0.2) is 72.8 Å². The van der Waals surface area contributed by atoms with Crippen molar-refractivity contribution in [1.29, 1.82) is 5.26 Å². The quantitative estimate of drug-likeness (QED) is 0.319. The average Bonchev–Trinajstić information content (AvgIpc) is 2.74. The fourth-order valence-corrected chi connectivity index (χ4v) is 2.85. The zero-order chi connectivity index (χ0) is 20.6. The van der Waals surface area contributed by atoms with Crippen LogP contribution in [-0.4, -0.2) is 12.8 Å². The Labute approximate surface area is 170 Å². The zero-order valence-corrected chi connectivity index (χ0v) is 16.3. The second-order valence-corrected chi connectivity index (χ2v) is 6.48. The molecule has 3 aromatic rings. The highest BCUT2D eigenvalue weighted by Gasteiger charge is 2.13. The van der Waals surface area contributed by atoms with E-state index in [2.05, 4.69) is 6.07 Å². The van der Waals surface area contributed by atoms with Crippen molar-refractivity contribution in [2.45, 2.75) is 20.0 Å². The normalized spacial score (nSPS) is 11.3. The van der Waals surface area contributed by atoms with E-state index >= 15 is 0 Å². The molecule has 1 atom stereocenters. The Kier molecular flexibility index (Phi) is 6.62. The zero-order valence-electron chi connectivity index (χ0n) is 16.3. The van der Waals surface area contributed by atoms with E-state index in [4.69, 9.17) is 14.2 Å². The second-order valence-electron chi connectivity index (χ2n) is 6.48. The fraction of sp³-hybridized carbons (Fsp3) is 0.167. The van der Waals surface area contributed by atoms with E-state index in [0.717, 1.165) is 16.9 Å². The van der Waals surface area contributed by atoms with Gasteiger partial charge in [-0.2, -0.15) is 5.26 Å². The van der Waals surface area contributed by atoms with E-state index in [1.807, 2.05) is 38.1 Å². The molecule has 0 bridgehead atoms. The minimum Gasteiger partial charge on any atom is -0.467 e. The van der Waals surface area contributed by atoms with Gasteiger partial charge in [0.1, 0.15) is 11.5 Å². The van der Waals surface area contributed by atoms with Gasteiger partial charge in [0.05, 0.1) is 11.6 Å². The Morgan fingerprint density at radius 2 is 1.59 bits per heavy atom. The molecular weight excluding hydrogens is 366 g/mol. The summed E-state index contributed by atoms with van der Waals surface area (Å²) in [7, 11) is 0. The molecule has 5 nitrogen and oxygen atoms in total. The summed E-state index contributed by atoms with van der Waals surface area (Å²) in [5.41, 5.74) is 3.13. The van der Waals surface area contributed by atoms with Crippen molar-refractivity contribution in [3.8, 4) is 17.6 Å². The first-order valence-corrected chi connectivity index (χ1v) is 9.16. The molecule has 0 spiro atoms. The van der Waals surface area contributed by atoms with Gasteiger partial charge in [-0.25, -0.2) is 4.79 Å². The fourth-order valence-electron chi connectivity index (χ4n) is 2.85. The van der Waals surface area contributed by atoms with Crippen LogP contribution in [0.25, 0.3) is 0 Å². The van der Waals surface area contributed by atoms with Gasteiger partial charge < -0.3 is 14.2 Å². The highest BCUT2D eigenvalue weighted by Crippen LogP contribution is 2.24. The van der Waals surface area contributed by atoms with Gasteiger partial charge in [-0.3, -0.25) is 0 Å². The van der Waals surface area contributed by atoms with Gasteiger partial charge in [-0.05, 0) is 54.8 Å². The van der Waals surface area contributed by atoms with Gasteiger partial charge >= 0.3 is 5.97 Å². The number of hydrogen-bond acceptors (Lipinski definition) is 5. The van der Waals surface area contributed by atoms with Crippen LogP contribution < -0.4 is 9.47 Å². The molecule has 29 heavy (non-hydrogen) atoms. The highest BCUT2D eigenvalue weighted by atomic mass is 16.7. The summed E-state index contributed by atoms with van der Waals surface area (Å²) in [6.07, 6.45) is -0.793. The first kappa shape index (κ1) is 20.1. The van der Waals surface area contributed by atoms with Crippen molar-refractivity contribution in [3.63, 3.8) is 0 Å². The maximum Gasteiger partial charge on any atom is 0.343 e. The van der Waals surface area contributed by atoms with Crippen LogP contribution in [0, 0.1) is 25.2 Å². The van der Waals surface area contributed by atoms with Gasteiger partial charge in [0.25, 0.3) is 0 Å². The van der Waals surface area contributed by atoms with E-state index in [1.54, 1.807) is 48.5 Å². The summed E-state index contributed by atoms with van der Waals surface area (Å²) in [6.45, 7) is 3.87. The molecule has 0 N–H and O–H groups in total. The van der Waals surface area contributed by atoms with Gasteiger partial charge in [0.2, 0.25) is 0 Å². The van der Waals surface area contributed by atoms with Crippen molar-refractivity contribution in [1.82, 2.24) is 0 Å². The average molecular weight is 387 g/mol. The summed E-state index contributed by atoms with van der Waals surface area (Å²) < 4.78 is 16.6. The first-order valence-electron chi connectivity index (χ1n) is 9.16. The minimum atomic E-state index is -0.793. The molecule has 0 aliphatic rings. The second kappa shape index (κ2) is 9.54. The third kappa shape index (κ3) is 5.22. The third-order valence-corrected chi connectivity index (χ3v) is 4.37. The number of carbonyl (C=O) groups excluding carboxylic acids is 1. The largest absolute Gasteiger partial charge is 0.467 e. The van der Waals surface area contributed by atoms with E-state index < -0.39 is 12.1 Å².